The van der Waals surface area contributed by atoms with Gasteiger partial charge in [0.15, 0.2) is 0 Å². The van der Waals surface area contributed by atoms with Crippen LogP contribution in [0.25, 0.3) is 10.8 Å². The van der Waals surface area contributed by atoms with E-state index in [9.17, 15) is 0 Å². The van der Waals surface area contributed by atoms with Crippen molar-refractivity contribution in [1.82, 2.24) is 4.98 Å². The molecule has 0 spiro atoms. The third-order valence-electron chi connectivity index (χ3n) is 4.43. The minimum absolute atomic E-state index is 0.551. The van der Waals surface area contributed by atoms with Crippen LogP contribution in [0, 0.1) is 0 Å². The molecule has 1 aromatic heterocycles. The molecule has 112 valence electrons. The number of pyridine rings is 1. The van der Waals surface area contributed by atoms with E-state index in [0.29, 0.717) is 6.04 Å². The highest BCUT2D eigenvalue weighted by Gasteiger charge is 2.13. The second-order valence-electron chi connectivity index (χ2n) is 5.90. The molecule has 1 N–H and O–H groups in total. The van der Waals surface area contributed by atoms with Crippen LogP contribution in [-0.4, -0.2) is 18.1 Å². The highest BCUT2D eigenvalue weighted by atomic mass is 16.5. The van der Waals surface area contributed by atoms with Gasteiger partial charge in [0.1, 0.15) is 11.6 Å². The van der Waals surface area contributed by atoms with E-state index in [1.165, 1.54) is 44.9 Å². The highest BCUT2D eigenvalue weighted by Crippen LogP contribution is 2.30. The standard InChI is InChI=1S/C18H24N2O/c1-21-17-11-7-10-16-15(17)12-13-19-18(16)20-14-8-5-3-2-4-6-9-14/h7,10-14H,2-6,8-9H2,1H3,(H,19,20). The van der Waals surface area contributed by atoms with Gasteiger partial charge in [0.05, 0.1) is 7.11 Å². The van der Waals surface area contributed by atoms with Gasteiger partial charge in [-0.05, 0) is 25.0 Å². The number of benzene rings is 1. The molecule has 0 bridgehead atoms. The Labute approximate surface area is 126 Å². The van der Waals surface area contributed by atoms with Gasteiger partial charge in [-0.1, -0.05) is 44.2 Å². The number of methoxy groups -OCH3 is 1. The second-order valence-corrected chi connectivity index (χ2v) is 5.90. The van der Waals surface area contributed by atoms with E-state index in [1.54, 1.807) is 7.11 Å². The van der Waals surface area contributed by atoms with E-state index in [4.69, 9.17) is 4.74 Å². The van der Waals surface area contributed by atoms with Crippen LogP contribution in [0.3, 0.4) is 0 Å². The number of nitrogens with zero attached hydrogens (tertiary/aromatic N) is 1. The number of hydrogen-bond acceptors (Lipinski definition) is 3. The van der Waals surface area contributed by atoms with E-state index in [1.807, 2.05) is 24.4 Å². The minimum Gasteiger partial charge on any atom is -0.496 e. The highest BCUT2D eigenvalue weighted by molar-refractivity contribution is 5.95. The summed E-state index contributed by atoms with van der Waals surface area (Å²) in [4.78, 5) is 4.56. The van der Waals surface area contributed by atoms with Crippen molar-refractivity contribution in [1.29, 1.82) is 0 Å². The zero-order chi connectivity index (χ0) is 14.5. The summed E-state index contributed by atoms with van der Waals surface area (Å²) in [5, 5.41) is 5.96. The van der Waals surface area contributed by atoms with Crippen molar-refractivity contribution in [3.8, 4) is 5.75 Å². The molecule has 1 heterocycles. The third-order valence-corrected chi connectivity index (χ3v) is 4.43. The smallest absolute Gasteiger partial charge is 0.134 e. The lowest BCUT2D eigenvalue weighted by atomic mass is 9.96. The summed E-state index contributed by atoms with van der Waals surface area (Å²) in [6.07, 6.45) is 11.2. The van der Waals surface area contributed by atoms with Crippen LogP contribution in [0.5, 0.6) is 5.75 Å². The van der Waals surface area contributed by atoms with Crippen LogP contribution >= 0.6 is 0 Å². The summed E-state index contributed by atoms with van der Waals surface area (Å²) < 4.78 is 5.45. The van der Waals surface area contributed by atoms with Gasteiger partial charge in [-0.25, -0.2) is 4.98 Å². The monoisotopic (exact) mass is 284 g/mol. The molecule has 0 amide bonds. The number of aromatic nitrogens is 1. The number of rotatable bonds is 3. The van der Waals surface area contributed by atoms with E-state index >= 15 is 0 Å². The Morgan fingerprint density at radius 3 is 2.52 bits per heavy atom. The van der Waals surface area contributed by atoms with Crippen molar-refractivity contribution in [2.75, 3.05) is 12.4 Å². The largest absolute Gasteiger partial charge is 0.496 e. The molecule has 3 rings (SSSR count). The SMILES string of the molecule is COc1cccc2c(NC3CCCCCCC3)nccc12. The van der Waals surface area contributed by atoms with Crippen molar-refractivity contribution in [2.24, 2.45) is 0 Å². The number of nitrogens with one attached hydrogen (secondary N) is 1. The lowest BCUT2D eigenvalue weighted by molar-refractivity contribution is 0.420. The van der Waals surface area contributed by atoms with E-state index in [2.05, 4.69) is 16.4 Å². The summed E-state index contributed by atoms with van der Waals surface area (Å²) in [5.41, 5.74) is 0. The molecule has 0 aliphatic heterocycles. The first-order valence-corrected chi connectivity index (χ1v) is 8.07. The predicted octanol–water partition coefficient (Wildman–Crippen LogP) is 4.77. The van der Waals surface area contributed by atoms with Gasteiger partial charge in [-0.15, -0.1) is 0 Å². The van der Waals surface area contributed by atoms with Crippen molar-refractivity contribution < 1.29 is 4.74 Å². The molecule has 0 atom stereocenters. The van der Waals surface area contributed by atoms with E-state index < -0.39 is 0 Å². The van der Waals surface area contributed by atoms with E-state index in [0.717, 1.165) is 22.3 Å². The molecule has 2 aromatic rings. The van der Waals surface area contributed by atoms with Gasteiger partial charge in [-0.3, -0.25) is 0 Å². The molecule has 1 fully saturated rings. The molecule has 1 saturated carbocycles. The first kappa shape index (κ1) is 14.2. The molecule has 0 saturated heterocycles. The Kier molecular flexibility index (Phi) is 4.59. The minimum atomic E-state index is 0.551. The second kappa shape index (κ2) is 6.79. The normalized spacial score (nSPS) is 17.2. The fraction of sp³-hybridized carbons (Fsp3) is 0.500. The maximum Gasteiger partial charge on any atom is 0.134 e. The lowest BCUT2D eigenvalue weighted by Crippen LogP contribution is -2.21. The van der Waals surface area contributed by atoms with Crippen LogP contribution in [0.4, 0.5) is 5.82 Å². The first-order valence-electron chi connectivity index (χ1n) is 8.07. The van der Waals surface area contributed by atoms with Crippen LogP contribution in [0.2, 0.25) is 0 Å². The van der Waals surface area contributed by atoms with Crippen molar-refractivity contribution in [2.45, 2.75) is 51.0 Å². The maximum atomic E-state index is 5.45. The van der Waals surface area contributed by atoms with Gasteiger partial charge < -0.3 is 10.1 Å². The van der Waals surface area contributed by atoms with Crippen LogP contribution in [0.15, 0.2) is 30.5 Å². The average molecular weight is 284 g/mol. The van der Waals surface area contributed by atoms with Crippen LogP contribution < -0.4 is 10.1 Å². The van der Waals surface area contributed by atoms with Crippen LogP contribution in [0.1, 0.15) is 44.9 Å². The molecule has 21 heavy (non-hydrogen) atoms. The number of fused-ring (bicyclic) bond motifs is 1. The Hall–Kier alpha value is -1.77. The molecule has 1 aliphatic carbocycles. The van der Waals surface area contributed by atoms with Crippen molar-refractivity contribution in [3.05, 3.63) is 30.5 Å². The molecular formula is C18H24N2O. The third kappa shape index (κ3) is 3.29. The van der Waals surface area contributed by atoms with Gasteiger partial charge in [0.25, 0.3) is 0 Å². The molecule has 1 aromatic carbocycles. The molecule has 3 heteroatoms. The number of anilines is 1. The maximum absolute atomic E-state index is 5.45. The van der Waals surface area contributed by atoms with Gasteiger partial charge in [0, 0.05) is 23.0 Å². The summed E-state index contributed by atoms with van der Waals surface area (Å²) >= 11 is 0. The predicted molar refractivity (Wildman–Crippen MR) is 88.0 cm³/mol. The molecular weight excluding hydrogens is 260 g/mol. The van der Waals surface area contributed by atoms with Gasteiger partial charge >= 0.3 is 0 Å². The molecule has 1 aliphatic rings. The summed E-state index contributed by atoms with van der Waals surface area (Å²) in [6, 6.07) is 8.73. The van der Waals surface area contributed by atoms with Crippen molar-refractivity contribution in [3.63, 3.8) is 0 Å². The van der Waals surface area contributed by atoms with Crippen molar-refractivity contribution >= 4 is 16.6 Å². The topological polar surface area (TPSA) is 34.1 Å². The first-order chi connectivity index (χ1) is 10.4. The number of hydrogen-bond donors (Lipinski definition) is 1. The fourth-order valence-corrected chi connectivity index (χ4v) is 3.27. The Morgan fingerprint density at radius 1 is 1.00 bits per heavy atom. The summed E-state index contributed by atoms with van der Waals surface area (Å²) in [5.74, 6) is 1.91. The quantitative estimate of drug-likeness (QED) is 0.881. The molecule has 3 nitrogen and oxygen atoms in total. The summed E-state index contributed by atoms with van der Waals surface area (Å²) in [6.45, 7) is 0. The lowest BCUT2D eigenvalue weighted by Gasteiger charge is -2.22. The Balaban J connectivity index is 1.86. The fourth-order valence-electron chi connectivity index (χ4n) is 3.27. The van der Waals surface area contributed by atoms with Gasteiger partial charge in [0.2, 0.25) is 0 Å². The molecule has 0 radical (unpaired) electrons. The van der Waals surface area contributed by atoms with E-state index in [-0.39, 0.29) is 0 Å². The zero-order valence-electron chi connectivity index (χ0n) is 12.8. The molecule has 0 unspecified atom stereocenters. The summed E-state index contributed by atoms with van der Waals surface area (Å²) in [7, 11) is 1.72. The van der Waals surface area contributed by atoms with Gasteiger partial charge in [-0.2, -0.15) is 0 Å². The zero-order valence-corrected chi connectivity index (χ0v) is 12.8. The average Bonchev–Trinajstić information content (AvgIpc) is 2.49. The Morgan fingerprint density at radius 2 is 1.76 bits per heavy atom. The van der Waals surface area contributed by atoms with Crippen LogP contribution in [-0.2, 0) is 0 Å². The number of ether oxygens (including phenoxy) is 1. The Bertz CT molecular complexity index is 589.